The molecule has 0 bridgehead atoms. The molecule has 2 rings (SSSR count). The Labute approximate surface area is 112 Å². The highest BCUT2D eigenvalue weighted by atomic mass is 16.4. The Morgan fingerprint density at radius 3 is 2.79 bits per heavy atom. The summed E-state index contributed by atoms with van der Waals surface area (Å²) >= 11 is 0. The monoisotopic (exact) mass is 256 g/mol. The van der Waals surface area contributed by atoms with Gasteiger partial charge in [0.1, 0.15) is 5.56 Å². The zero-order valence-corrected chi connectivity index (χ0v) is 10.9. The van der Waals surface area contributed by atoms with Crippen molar-refractivity contribution in [3.8, 4) is 0 Å². The number of aromatic nitrogens is 1. The third kappa shape index (κ3) is 3.10. The zero-order chi connectivity index (χ0) is 13.8. The Bertz CT molecular complexity index is 594. The number of anilines is 2. The molecule has 2 aromatic rings. The summed E-state index contributed by atoms with van der Waals surface area (Å²) < 4.78 is 0. The smallest absolute Gasteiger partial charge is 0.339 e. The van der Waals surface area contributed by atoms with E-state index in [1.54, 1.807) is 12.3 Å². The molecule has 0 aliphatic heterocycles. The standard InChI is InChI=1S/C15H16N2O2/c1-10(2)11-4-3-5-12(8-11)17-14-6-7-16-9-13(14)15(18)19/h3-10H,1-2H3,(H,16,17)(H,18,19). The van der Waals surface area contributed by atoms with Gasteiger partial charge in [0.05, 0.1) is 5.69 Å². The van der Waals surface area contributed by atoms with Crippen LogP contribution in [-0.4, -0.2) is 16.1 Å². The summed E-state index contributed by atoms with van der Waals surface area (Å²) in [6.07, 6.45) is 2.91. The van der Waals surface area contributed by atoms with Gasteiger partial charge in [0.2, 0.25) is 0 Å². The molecule has 1 aromatic carbocycles. The van der Waals surface area contributed by atoms with Crippen molar-refractivity contribution in [1.29, 1.82) is 0 Å². The van der Waals surface area contributed by atoms with Gasteiger partial charge in [-0.05, 0) is 29.7 Å². The summed E-state index contributed by atoms with van der Waals surface area (Å²) in [5.74, 6) is -0.561. The Morgan fingerprint density at radius 2 is 2.11 bits per heavy atom. The molecular formula is C15H16N2O2. The first-order valence-electron chi connectivity index (χ1n) is 6.12. The van der Waals surface area contributed by atoms with Crippen molar-refractivity contribution in [2.45, 2.75) is 19.8 Å². The predicted molar refractivity (Wildman–Crippen MR) is 75.0 cm³/mol. The molecule has 0 amide bonds. The van der Waals surface area contributed by atoms with E-state index in [2.05, 4.69) is 30.2 Å². The quantitative estimate of drug-likeness (QED) is 0.876. The average molecular weight is 256 g/mol. The van der Waals surface area contributed by atoms with Crippen LogP contribution in [0.1, 0.15) is 35.7 Å². The minimum absolute atomic E-state index is 0.164. The van der Waals surface area contributed by atoms with E-state index in [9.17, 15) is 4.79 Å². The van der Waals surface area contributed by atoms with E-state index in [1.165, 1.54) is 11.8 Å². The highest BCUT2D eigenvalue weighted by Crippen LogP contribution is 2.23. The van der Waals surface area contributed by atoms with Crippen LogP contribution in [0.4, 0.5) is 11.4 Å². The highest BCUT2D eigenvalue weighted by Gasteiger charge is 2.10. The third-order valence-corrected chi connectivity index (χ3v) is 2.88. The van der Waals surface area contributed by atoms with Crippen LogP contribution >= 0.6 is 0 Å². The molecule has 0 radical (unpaired) electrons. The number of carboxylic acids is 1. The Hall–Kier alpha value is -2.36. The highest BCUT2D eigenvalue weighted by molar-refractivity contribution is 5.94. The number of aromatic carboxylic acids is 1. The molecule has 0 aliphatic rings. The van der Waals surface area contributed by atoms with Crippen LogP contribution in [0.25, 0.3) is 0 Å². The van der Waals surface area contributed by atoms with Gasteiger partial charge in [0, 0.05) is 18.1 Å². The maximum absolute atomic E-state index is 11.1. The van der Waals surface area contributed by atoms with Gasteiger partial charge in [-0.25, -0.2) is 4.79 Å². The van der Waals surface area contributed by atoms with Crippen LogP contribution in [0.5, 0.6) is 0 Å². The van der Waals surface area contributed by atoms with E-state index >= 15 is 0 Å². The van der Waals surface area contributed by atoms with E-state index in [0.717, 1.165) is 5.69 Å². The number of hydrogen-bond donors (Lipinski definition) is 2. The van der Waals surface area contributed by atoms with Gasteiger partial charge >= 0.3 is 5.97 Å². The van der Waals surface area contributed by atoms with Crippen molar-refractivity contribution in [1.82, 2.24) is 4.98 Å². The fourth-order valence-corrected chi connectivity index (χ4v) is 1.80. The van der Waals surface area contributed by atoms with Crippen molar-refractivity contribution in [3.63, 3.8) is 0 Å². The minimum atomic E-state index is -0.990. The van der Waals surface area contributed by atoms with E-state index in [4.69, 9.17) is 5.11 Å². The van der Waals surface area contributed by atoms with Crippen LogP contribution < -0.4 is 5.32 Å². The van der Waals surface area contributed by atoms with Gasteiger partial charge in [-0.3, -0.25) is 4.98 Å². The molecule has 1 heterocycles. The molecule has 0 spiro atoms. The normalized spacial score (nSPS) is 10.5. The lowest BCUT2D eigenvalue weighted by Gasteiger charge is -2.11. The Kier molecular flexibility index (Phi) is 3.80. The molecule has 4 heteroatoms. The lowest BCUT2D eigenvalue weighted by Crippen LogP contribution is -2.03. The van der Waals surface area contributed by atoms with E-state index in [-0.39, 0.29) is 5.56 Å². The summed E-state index contributed by atoms with van der Waals surface area (Å²) in [6, 6.07) is 9.61. The fourth-order valence-electron chi connectivity index (χ4n) is 1.80. The maximum Gasteiger partial charge on any atom is 0.339 e. The van der Waals surface area contributed by atoms with E-state index in [0.29, 0.717) is 11.6 Å². The minimum Gasteiger partial charge on any atom is -0.478 e. The largest absolute Gasteiger partial charge is 0.478 e. The Morgan fingerprint density at radius 1 is 1.32 bits per heavy atom. The van der Waals surface area contributed by atoms with Gasteiger partial charge in [-0.1, -0.05) is 26.0 Å². The van der Waals surface area contributed by atoms with Crippen LogP contribution in [0.3, 0.4) is 0 Å². The summed E-state index contributed by atoms with van der Waals surface area (Å²) in [6.45, 7) is 4.24. The number of benzene rings is 1. The van der Waals surface area contributed by atoms with Crippen molar-refractivity contribution < 1.29 is 9.90 Å². The van der Waals surface area contributed by atoms with Gasteiger partial charge in [0.25, 0.3) is 0 Å². The molecule has 0 saturated heterocycles. The number of rotatable bonds is 4. The molecule has 98 valence electrons. The topological polar surface area (TPSA) is 62.2 Å². The zero-order valence-electron chi connectivity index (χ0n) is 10.9. The molecular weight excluding hydrogens is 240 g/mol. The number of nitrogens with one attached hydrogen (secondary N) is 1. The van der Waals surface area contributed by atoms with Crippen LogP contribution in [0.15, 0.2) is 42.7 Å². The second-order valence-corrected chi connectivity index (χ2v) is 4.63. The summed E-state index contributed by atoms with van der Waals surface area (Å²) in [4.78, 5) is 14.9. The molecule has 0 fully saturated rings. The lowest BCUT2D eigenvalue weighted by molar-refractivity contribution is 0.0697. The molecule has 4 nitrogen and oxygen atoms in total. The second-order valence-electron chi connectivity index (χ2n) is 4.63. The van der Waals surface area contributed by atoms with Crippen molar-refractivity contribution in [3.05, 3.63) is 53.9 Å². The number of hydrogen-bond acceptors (Lipinski definition) is 3. The number of nitrogens with zero attached hydrogens (tertiary/aromatic N) is 1. The average Bonchev–Trinajstić information content (AvgIpc) is 2.39. The molecule has 1 aromatic heterocycles. The predicted octanol–water partition coefficient (Wildman–Crippen LogP) is 3.65. The summed E-state index contributed by atoms with van der Waals surface area (Å²) in [7, 11) is 0. The van der Waals surface area contributed by atoms with Gasteiger partial charge < -0.3 is 10.4 Å². The van der Waals surface area contributed by atoms with Gasteiger partial charge in [-0.2, -0.15) is 0 Å². The molecule has 19 heavy (non-hydrogen) atoms. The van der Waals surface area contributed by atoms with E-state index in [1.807, 2.05) is 18.2 Å². The molecule has 0 atom stereocenters. The van der Waals surface area contributed by atoms with Gasteiger partial charge in [-0.15, -0.1) is 0 Å². The second kappa shape index (κ2) is 5.52. The first-order valence-corrected chi connectivity index (χ1v) is 6.12. The molecule has 2 N–H and O–H groups in total. The van der Waals surface area contributed by atoms with Crippen LogP contribution in [0.2, 0.25) is 0 Å². The van der Waals surface area contributed by atoms with Crippen molar-refractivity contribution in [2.24, 2.45) is 0 Å². The number of carboxylic acid groups (broad SMARTS) is 1. The fraction of sp³-hybridized carbons (Fsp3) is 0.200. The SMILES string of the molecule is CC(C)c1cccc(Nc2ccncc2C(=O)O)c1. The van der Waals surface area contributed by atoms with Gasteiger partial charge in [0.15, 0.2) is 0 Å². The molecule has 0 unspecified atom stereocenters. The number of carbonyl (C=O) groups is 1. The Balaban J connectivity index is 2.31. The van der Waals surface area contributed by atoms with Crippen molar-refractivity contribution in [2.75, 3.05) is 5.32 Å². The summed E-state index contributed by atoms with van der Waals surface area (Å²) in [5, 5.41) is 12.2. The first-order chi connectivity index (χ1) is 9.08. The van der Waals surface area contributed by atoms with Crippen LogP contribution in [-0.2, 0) is 0 Å². The molecule has 0 aliphatic carbocycles. The first kappa shape index (κ1) is 13.1. The van der Waals surface area contributed by atoms with Crippen molar-refractivity contribution >= 4 is 17.3 Å². The summed E-state index contributed by atoms with van der Waals surface area (Å²) in [5.41, 5.74) is 2.79. The molecule has 0 saturated carbocycles. The number of pyridine rings is 1. The van der Waals surface area contributed by atoms with Crippen LogP contribution in [0, 0.1) is 0 Å². The maximum atomic E-state index is 11.1. The third-order valence-electron chi connectivity index (χ3n) is 2.88. The van der Waals surface area contributed by atoms with E-state index < -0.39 is 5.97 Å². The lowest BCUT2D eigenvalue weighted by atomic mass is 10.0.